The molecule has 1 aliphatic carbocycles. The molecule has 114 valence electrons. The summed E-state index contributed by atoms with van der Waals surface area (Å²) in [4.78, 5) is 29.7. The number of fused-ring (bicyclic) bond motifs is 2. The van der Waals surface area contributed by atoms with Crippen molar-refractivity contribution in [3.05, 3.63) is 58.0 Å². The molecule has 2 heterocycles. The SMILES string of the molecule is COc1cc(F)cc2c1C(=O)c1sc(-c3ccco3)nc1C2=O. The number of carbonyl (C=O) groups is 2. The molecule has 2 aromatic heterocycles. The van der Waals surface area contributed by atoms with Gasteiger partial charge in [-0.1, -0.05) is 0 Å². The van der Waals surface area contributed by atoms with E-state index < -0.39 is 17.4 Å². The molecule has 0 atom stereocenters. The maximum absolute atomic E-state index is 13.7. The molecule has 0 amide bonds. The Balaban J connectivity index is 1.95. The average molecular weight is 329 g/mol. The monoisotopic (exact) mass is 329 g/mol. The second kappa shape index (κ2) is 4.85. The van der Waals surface area contributed by atoms with Crippen molar-refractivity contribution in [3.63, 3.8) is 0 Å². The number of nitrogens with zero attached hydrogens (tertiary/aromatic N) is 1. The van der Waals surface area contributed by atoms with Gasteiger partial charge in [-0.3, -0.25) is 9.59 Å². The first-order valence-corrected chi connectivity index (χ1v) is 7.43. The Morgan fingerprint density at radius 1 is 1.26 bits per heavy atom. The lowest BCUT2D eigenvalue weighted by atomic mass is 9.90. The Morgan fingerprint density at radius 3 is 2.78 bits per heavy atom. The Bertz CT molecular complexity index is 959. The number of ketones is 2. The number of hydrogen-bond donors (Lipinski definition) is 0. The van der Waals surface area contributed by atoms with Gasteiger partial charge in [0.2, 0.25) is 11.6 Å². The van der Waals surface area contributed by atoms with Gasteiger partial charge in [-0.2, -0.15) is 0 Å². The van der Waals surface area contributed by atoms with E-state index in [4.69, 9.17) is 9.15 Å². The van der Waals surface area contributed by atoms with E-state index in [1.54, 1.807) is 12.1 Å². The number of methoxy groups -OCH3 is 1. The van der Waals surface area contributed by atoms with Crippen LogP contribution in [0.3, 0.4) is 0 Å². The molecule has 4 rings (SSSR count). The predicted molar refractivity (Wildman–Crippen MR) is 79.6 cm³/mol. The highest BCUT2D eigenvalue weighted by Crippen LogP contribution is 2.38. The molecule has 5 nitrogen and oxygen atoms in total. The molecule has 3 aromatic rings. The first kappa shape index (κ1) is 13.8. The van der Waals surface area contributed by atoms with E-state index >= 15 is 0 Å². The molecule has 0 unspecified atom stereocenters. The Hall–Kier alpha value is -2.80. The number of furan rings is 1. The molecule has 0 saturated heterocycles. The van der Waals surface area contributed by atoms with E-state index in [0.717, 1.165) is 23.5 Å². The Kier molecular flexibility index (Phi) is 2.92. The zero-order chi connectivity index (χ0) is 16.1. The summed E-state index contributed by atoms with van der Waals surface area (Å²) in [6.45, 7) is 0. The smallest absolute Gasteiger partial charge is 0.214 e. The van der Waals surface area contributed by atoms with E-state index in [2.05, 4.69) is 4.98 Å². The van der Waals surface area contributed by atoms with Gasteiger partial charge in [0.1, 0.15) is 22.1 Å². The fourth-order valence-corrected chi connectivity index (χ4v) is 3.51. The second-order valence-corrected chi connectivity index (χ2v) is 5.86. The Labute approximate surface area is 133 Å². The van der Waals surface area contributed by atoms with Crippen molar-refractivity contribution in [2.75, 3.05) is 7.11 Å². The van der Waals surface area contributed by atoms with Crippen molar-refractivity contribution < 1.29 is 23.1 Å². The number of aromatic nitrogens is 1. The van der Waals surface area contributed by atoms with Gasteiger partial charge in [-0.05, 0) is 18.2 Å². The van der Waals surface area contributed by atoms with Crippen LogP contribution in [0, 0.1) is 5.82 Å². The predicted octanol–water partition coefficient (Wildman–Crippen LogP) is 3.33. The first-order chi connectivity index (χ1) is 11.1. The molecule has 0 radical (unpaired) electrons. The summed E-state index contributed by atoms with van der Waals surface area (Å²) in [6.07, 6.45) is 1.48. The summed E-state index contributed by atoms with van der Waals surface area (Å²) in [5.41, 5.74) is 0.0586. The van der Waals surface area contributed by atoms with Crippen LogP contribution in [0.1, 0.15) is 31.3 Å². The highest BCUT2D eigenvalue weighted by atomic mass is 32.1. The molecular weight excluding hydrogens is 321 g/mol. The number of rotatable bonds is 2. The number of carbonyl (C=O) groups excluding carboxylic acids is 2. The van der Waals surface area contributed by atoms with Gasteiger partial charge in [-0.15, -0.1) is 11.3 Å². The molecule has 1 aromatic carbocycles. The summed E-state index contributed by atoms with van der Waals surface area (Å²) in [7, 11) is 1.32. The normalized spacial score (nSPS) is 13.0. The minimum absolute atomic E-state index is 0.0200. The fourth-order valence-electron chi connectivity index (χ4n) is 2.53. The lowest BCUT2D eigenvalue weighted by molar-refractivity contribution is 0.0976. The largest absolute Gasteiger partial charge is 0.496 e. The number of benzene rings is 1. The van der Waals surface area contributed by atoms with Crippen molar-refractivity contribution in [2.24, 2.45) is 0 Å². The van der Waals surface area contributed by atoms with Crippen LogP contribution in [-0.4, -0.2) is 23.7 Å². The van der Waals surface area contributed by atoms with E-state index in [-0.39, 0.29) is 27.4 Å². The van der Waals surface area contributed by atoms with E-state index in [9.17, 15) is 14.0 Å². The van der Waals surface area contributed by atoms with Crippen LogP contribution in [0.15, 0.2) is 34.9 Å². The van der Waals surface area contributed by atoms with Gasteiger partial charge in [0.15, 0.2) is 10.8 Å². The molecule has 7 heteroatoms. The quantitative estimate of drug-likeness (QED) is 0.564. The van der Waals surface area contributed by atoms with Gasteiger partial charge in [0, 0.05) is 11.6 Å². The van der Waals surface area contributed by atoms with E-state index in [0.29, 0.717) is 10.8 Å². The summed E-state index contributed by atoms with van der Waals surface area (Å²) in [5, 5.41) is 0.425. The second-order valence-electron chi connectivity index (χ2n) is 4.86. The van der Waals surface area contributed by atoms with Crippen molar-refractivity contribution in [1.29, 1.82) is 0 Å². The van der Waals surface area contributed by atoms with Crippen LogP contribution in [-0.2, 0) is 0 Å². The summed E-state index contributed by atoms with van der Waals surface area (Å²) >= 11 is 1.07. The van der Waals surface area contributed by atoms with Crippen molar-refractivity contribution in [1.82, 2.24) is 4.98 Å². The highest BCUT2D eigenvalue weighted by Gasteiger charge is 2.36. The molecule has 23 heavy (non-hydrogen) atoms. The van der Waals surface area contributed by atoms with Crippen molar-refractivity contribution >= 4 is 22.9 Å². The number of hydrogen-bond acceptors (Lipinski definition) is 6. The molecule has 0 saturated carbocycles. The molecule has 1 aliphatic rings. The summed E-state index contributed by atoms with van der Waals surface area (Å²) < 4.78 is 24.0. The first-order valence-electron chi connectivity index (χ1n) is 6.61. The van der Waals surface area contributed by atoms with Crippen molar-refractivity contribution in [2.45, 2.75) is 0 Å². The van der Waals surface area contributed by atoms with Crippen LogP contribution >= 0.6 is 11.3 Å². The number of ether oxygens (including phenoxy) is 1. The summed E-state index contributed by atoms with van der Waals surface area (Å²) in [5.74, 6) is -1.04. The van der Waals surface area contributed by atoms with Crippen LogP contribution < -0.4 is 4.74 Å². The third-order valence-electron chi connectivity index (χ3n) is 3.54. The zero-order valence-corrected chi connectivity index (χ0v) is 12.6. The van der Waals surface area contributed by atoms with Gasteiger partial charge in [0.25, 0.3) is 0 Å². The lowest BCUT2D eigenvalue weighted by Crippen LogP contribution is -2.21. The maximum atomic E-state index is 13.7. The Morgan fingerprint density at radius 2 is 2.09 bits per heavy atom. The van der Waals surface area contributed by atoms with Crippen LogP contribution in [0.5, 0.6) is 5.75 Å². The third-order valence-corrected chi connectivity index (χ3v) is 4.61. The van der Waals surface area contributed by atoms with Gasteiger partial charge >= 0.3 is 0 Å². The maximum Gasteiger partial charge on any atom is 0.214 e. The van der Waals surface area contributed by atoms with E-state index in [1.165, 1.54) is 13.4 Å². The lowest BCUT2D eigenvalue weighted by Gasteiger charge is -2.16. The van der Waals surface area contributed by atoms with Crippen LogP contribution in [0.4, 0.5) is 4.39 Å². The number of thiazole rings is 1. The molecule has 0 spiro atoms. The zero-order valence-electron chi connectivity index (χ0n) is 11.8. The fraction of sp³-hybridized carbons (Fsp3) is 0.0625. The standard InChI is InChI=1S/C16H8FNO4S/c1-21-10-6-7(17)5-8-11(10)14(20)15-12(13(8)19)18-16(23-15)9-3-2-4-22-9/h2-6H,1H3. The topological polar surface area (TPSA) is 69.4 Å². The average Bonchev–Trinajstić information content (AvgIpc) is 3.20. The molecule has 0 aliphatic heterocycles. The minimum Gasteiger partial charge on any atom is -0.496 e. The minimum atomic E-state index is -0.647. The highest BCUT2D eigenvalue weighted by molar-refractivity contribution is 7.17. The van der Waals surface area contributed by atoms with Gasteiger partial charge < -0.3 is 9.15 Å². The van der Waals surface area contributed by atoms with Crippen LogP contribution in [0.2, 0.25) is 0 Å². The molecular formula is C16H8FNO4S. The van der Waals surface area contributed by atoms with Crippen LogP contribution in [0.25, 0.3) is 10.8 Å². The molecule has 0 fully saturated rings. The molecule has 0 bridgehead atoms. The van der Waals surface area contributed by atoms with Gasteiger partial charge in [-0.25, -0.2) is 9.37 Å². The van der Waals surface area contributed by atoms with Crippen molar-refractivity contribution in [3.8, 4) is 16.5 Å². The van der Waals surface area contributed by atoms with Gasteiger partial charge in [0.05, 0.1) is 18.9 Å². The number of halogens is 1. The third kappa shape index (κ3) is 1.93. The molecule has 0 N–H and O–H groups in total. The van der Waals surface area contributed by atoms with E-state index in [1.807, 2.05) is 0 Å². The summed E-state index contributed by atoms with van der Waals surface area (Å²) in [6, 6.07) is 5.50.